The number of halogens is 2. The quantitative estimate of drug-likeness (QED) is 0.403. The maximum atomic E-state index is 14.0. The zero-order chi connectivity index (χ0) is 22.5. The molecule has 166 valence electrons. The third-order valence-electron chi connectivity index (χ3n) is 6.76. The summed E-state index contributed by atoms with van der Waals surface area (Å²) in [7, 11) is 1.89. The van der Waals surface area contributed by atoms with E-state index in [0.717, 1.165) is 39.4 Å². The number of aromatic nitrogens is 5. The van der Waals surface area contributed by atoms with Gasteiger partial charge in [0.05, 0.1) is 28.5 Å². The average Bonchev–Trinajstić information content (AvgIpc) is 3.28. The van der Waals surface area contributed by atoms with Gasteiger partial charge in [-0.3, -0.25) is 0 Å². The zero-order valence-electron chi connectivity index (χ0n) is 18.6. The van der Waals surface area contributed by atoms with Crippen molar-refractivity contribution in [2.24, 2.45) is 13.0 Å². The summed E-state index contributed by atoms with van der Waals surface area (Å²) < 4.78 is 32.0. The monoisotopic (exact) mass is 435 g/mol. The Bertz CT molecular complexity index is 1230. The second kappa shape index (κ2) is 7.80. The molecule has 7 heteroatoms. The first-order valence-corrected chi connectivity index (χ1v) is 11.1. The highest BCUT2D eigenvalue weighted by Crippen LogP contribution is 2.44. The molecule has 0 N–H and O–H groups in total. The van der Waals surface area contributed by atoms with Crippen LogP contribution in [0.5, 0.6) is 0 Å². The summed E-state index contributed by atoms with van der Waals surface area (Å²) >= 11 is 0. The second-order valence-corrected chi connectivity index (χ2v) is 8.93. The van der Waals surface area contributed by atoms with E-state index >= 15 is 0 Å². The molecule has 32 heavy (non-hydrogen) atoms. The van der Waals surface area contributed by atoms with Crippen LogP contribution < -0.4 is 0 Å². The van der Waals surface area contributed by atoms with Crippen molar-refractivity contribution in [2.45, 2.75) is 51.5 Å². The van der Waals surface area contributed by atoms with Gasteiger partial charge in [-0.15, -0.1) is 5.10 Å². The molecule has 2 heterocycles. The molecule has 1 fully saturated rings. The number of hydrogen-bond donors (Lipinski definition) is 0. The van der Waals surface area contributed by atoms with Crippen molar-refractivity contribution in [2.75, 3.05) is 0 Å². The van der Waals surface area contributed by atoms with Crippen LogP contribution in [0.25, 0.3) is 22.3 Å². The summed E-state index contributed by atoms with van der Waals surface area (Å²) in [5.74, 6) is -1.54. The van der Waals surface area contributed by atoms with Gasteiger partial charge in [-0.2, -0.15) is 0 Å². The Kier molecular flexibility index (Phi) is 5.07. The first kappa shape index (κ1) is 20.8. The highest BCUT2D eigenvalue weighted by molar-refractivity contribution is 5.82. The topological polar surface area (TPSA) is 48.5 Å². The Morgan fingerprint density at radius 3 is 2.41 bits per heavy atom. The van der Waals surface area contributed by atoms with E-state index in [9.17, 15) is 8.78 Å². The first-order valence-electron chi connectivity index (χ1n) is 11.1. The summed E-state index contributed by atoms with van der Waals surface area (Å²) in [5, 5.41) is 8.33. The van der Waals surface area contributed by atoms with E-state index in [-0.39, 0.29) is 24.8 Å². The minimum atomic E-state index is -2.55. The molecular weight excluding hydrogens is 408 g/mol. The van der Waals surface area contributed by atoms with Gasteiger partial charge in [0, 0.05) is 25.5 Å². The van der Waals surface area contributed by atoms with Crippen LogP contribution in [0.1, 0.15) is 48.8 Å². The van der Waals surface area contributed by atoms with Crippen LogP contribution in [-0.2, 0) is 7.05 Å². The van der Waals surface area contributed by atoms with E-state index in [0.29, 0.717) is 12.8 Å². The number of rotatable bonds is 4. The molecule has 0 bridgehead atoms. The van der Waals surface area contributed by atoms with Crippen LogP contribution in [0.3, 0.4) is 0 Å². The minimum Gasteiger partial charge on any atom is -0.320 e. The number of imidazole rings is 1. The van der Waals surface area contributed by atoms with Crippen molar-refractivity contribution in [3.05, 3.63) is 65.6 Å². The molecule has 0 unspecified atom stereocenters. The number of benzene rings is 2. The molecule has 2 aromatic heterocycles. The summed E-state index contributed by atoms with van der Waals surface area (Å²) in [6.45, 7) is 3.95. The first-order chi connectivity index (χ1) is 15.3. The third-order valence-corrected chi connectivity index (χ3v) is 6.76. The average molecular weight is 436 g/mol. The zero-order valence-corrected chi connectivity index (χ0v) is 18.6. The predicted molar refractivity (Wildman–Crippen MR) is 121 cm³/mol. The fraction of sp³-hybridized carbons (Fsp3) is 0.400. The number of fused-ring (bicyclic) bond motifs is 1. The van der Waals surface area contributed by atoms with Gasteiger partial charge in [0.15, 0.2) is 0 Å². The van der Waals surface area contributed by atoms with Crippen molar-refractivity contribution in [3.63, 3.8) is 0 Å². The van der Waals surface area contributed by atoms with Gasteiger partial charge in [0.25, 0.3) is 0 Å². The van der Waals surface area contributed by atoms with Crippen LogP contribution in [-0.4, -0.2) is 30.5 Å². The van der Waals surface area contributed by atoms with E-state index in [1.807, 2.05) is 51.2 Å². The molecule has 0 saturated heterocycles. The van der Waals surface area contributed by atoms with Crippen molar-refractivity contribution >= 4 is 11.0 Å². The van der Waals surface area contributed by atoms with Crippen LogP contribution >= 0.6 is 0 Å². The number of aryl methyl sites for hydroxylation is 3. The van der Waals surface area contributed by atoms with Crippen LogP contribution in [0.15, 0.2) is 48.5 Å². The van der Waals surface area contributed by atoms with Crippen molar-refractivity contribution in [3.8, 4) is 11.3 Å². The molecule has 1 aliphatic carbocycles. The molecule has 4 aromatic rings. The summed E-state index contributed by atoms with van der Waals surface area (Å²) in [6.07, 6.45) is 0.877. The molecule has 0 amide bonds. The molecule has 5 rings (SSSR count). The Labute approximate surface area is 186 Å². The molecule has 1 aliphatic rings. The lowest BCUT2D eigenvalue weighted by Gasteiger charge is -2.35. The van der Waals surface area contributed by atoms with Gasteiger partial charge in [-0.25, -0.2) is 18.4 Å². The van der Waals surface area contributed by atoms with Gasteiger partial charge in [-0.05, 0) is 50.3 Å². The normalized spacial score (nSPS) is 17.7. The van der Waals surface area contributed by atoms with E-state index < -0.39 is 5.92 Å². The van der Waals surface area contributed by atoms with Crippen LogP contribution in [0.4, 0.5) is 8.78 Å². The molecule has 1 atom stereocenters. The van der Waals surface area contributed by atoms with E-state index in [4.69, 9.17) is 4.98 Å². The molecule has 1 saturated carbocycles. The van der Waals surface area contributed by atoms with Crippen LogP contribution in [0.2, 0.25) is 0 Å². The Morgan fingerprint density at radius 1 is 1.03 bits per heavy atom. The fourth-order valence-electron chi connectivity index (χ4n) is 5.23. The fourth-order valence-corrected chi connectivity index (χ4v) is 5.23. The summed E-state index contributed by atoms with van der Waals surface area (Å²) in [5.41, 5.74) is 5.89. The molecule has 0 radical (unpaired) electrons. The molecule has 0 spiro atoms. The van der Waals surface area contributed by atoms with Crippen molar-refractivity contribution in [1.82, 2.24) is 24.5 Å². The van der Waals surface area contributed by atoms with E-state index in [1.165, 1.54) is 0 Å². The highest BCUT2D eigenvalue weighted by Gasteiger charge is 2.39. The Hall–Kier alpha value is -3.09. The van der Waals surface area contributed by atoms with E-state index in [1.54, 1.807) is 4.68 Å². The maximum Gasteiger partial charge on any atom is 0.248 e. The third kappa shape index (κ3) is 3.59. The van der Waals surface area contributed by atoms with Crippen molar-refractivity contribution < 1.29 is 8.78 Å². The molecular formula is C25H27F2N5. The number of nitrogens with zero attached hydrogens (tertiary/aromatic N) is 5. The highest BCUT2D eigenvalue weighted by atomic mass is 19.3. The number of alkyl halides is 2. The maximum absolute atomic E-state index is 14.0. The molecule has 2 aromatic carbocycles. The minimum absolute atomic E-state index is 0.0432. The van der Waals surface area contributed by atoms with Gasteiger partial charge in [0.1, 0.15) is 5.82 Å². The lowest BCUT2D eigenvalue weighted by Crippen LogP contribution is -2.30. The molecule has 0 aliphatic heterocycles. The number of hydrogen-bond acceptors (Lipinski definition) is 3. The van der Waals surface area contributed by atoms with Gasteiger partial charge in [0.2, 0.25) is 5.92 Å². The summed E-state index contributed by atoms with van der Waals surface area (Å²) in [4.78, 5) is 4.83. The van der Waals surface area contributed by atoms with Gasteiger partial charge >= 0.3 is 0 Å². The van der Waals surface area contributed by atoms with Gasteiger partial charge < -0.3 is 4.57 Å². The Balaban J connectivity index is 1.67. The summed E-state index contributed by atoms with van der Waals surface area (Å²) in [6, 6.07) is 16.4. The van der Waals surface area contributed by atoms with Gasteiger partial charge in [-0.1, -0.05) is 41.6 Å². The SMILES string of the molecule is Cc1nnn(C)c1-c1ccc2nc(C)n([C@H](c3ccccc3)C3CCC(F)(F)CC3)c2c1. The predicted octanol–water partition coefficient (Wildman–Crippen LogP) is 5.86. The lowest BCUT2D eigenvalue weighted by atomic mass is 9.79. The van der Waals surface area contributed by atoms with E-state index in [2.05, 4.69) is 33.1 Å². The smallest absolute Gasteiger partial charge is 0.248 e. The van der Waals surface area contributed by atoms with Crippen molar-refractivity contribution in [1.29, 1.82) is 0 Å². The Morgan fingerprint density at radius 2 is 1.75 bits per heavy atom. The largest absolute Gasteiger partial charge is 0.320 e. The van der Waals surface area contributed by atoms with Crippen LogP contribution in [0, 0.1) is 19.8 Å². The molecule has 5 nitrogen and oxygen atoms in total. The standard InChI is InChI=1S/C25H27F2N5/c1-16-23(31(3)30-29-16)20-9-10-21-22(15-20)32(17(2)28-21)24(18-7-5-4-6-8-18)19-11-13-25(26,27)14-12-19/h4-10,15,19,24H,11-14H2,1-3H3/t24-/m1/s1. The lowest BCUT2D eigenvalue weighted by molar-refractivity contribution is -0.0495. The second-order valence-electron chi connectivity index (χ2n) is 8.93.